The molecule has 0 heterocycles. The molecule has 0 aliphatic rings. The molecule has 1 aromatic carbocycles. The summed E-state index contributed by atoms with van der Waals surface area (Å²) in [6.45, 7) is 4.96. The van der Waals surface area contributed by atoms with Crippen molar-refractivity contribution >= 4 is 0 Å². The van der Waals surface area contributed by atoms with Crippen molar-refractivity contribution in [3.05, 3.63) is 29.8 Å². The number of ether oxygens (including phenoxy) is 1. The van der Waals surface area contributed by atoms with Gasteiger partial charge in [0.25, 0.3) is 0 Å². The molecule has 4 heteroatoms. The van der Waals surface area contributed by atoms with Crippen LogP contribution < -0.4 is 10.5 Å². The van der Waals surface area contributed by atoms with E-state index in [1.165, 1.54) is 0 Å². The van der Waals surface area contributed by atoms with Crippen LogP contribution in [0.1, 0.15) is 25.3 Å². The zero-order valence-corrected chi connectivity index (χ0v) is 12.0. The smallest absolute Gasteiger partial charge is 0.119 e. The van der Waals surface area contributed by atoms with E-state index in [2.05, 4.69) is 11.9 Å². The van der Waals surface area contributed by atoms with Crippen molar-refractivity contribution in [3.63, 3.8) is 0 Å². The van der Waals surface area contributed by atoms with Crippen molar-refractivity contribution < 1.29 is 9.84 Å². The third-order valence-electron chi connectivity index (χ3n) is 3.02. The summed E-state index contributed by atoms with van der Waals surface area (Å²) in [5.74, 6) is 0.884. The molecule has 1 rings (SSSR count). The summed E-state index contributed by atoms with van der Waals surface area (Å²) < 4.78 is 5.69. The molecule has 1 aromatic rings. The molecule has 0 amide bonds. The molecular formula is C15H26N2O2. The van der Waals surface area contributed by atoms with E-state index < -0.39 is 0 Å². The van der Waals surface area contributed by atoms with Gasteiger partial charge in [-0.05, 0) is 44.5 Å². The van der Waals surface area contributed by atoms with Crippen LogP contribution >= 0.6 is 0 Å². The molecule has 4 nitrogen and oxygen atoms in total. The Bertz CT molecular complexity index is 356. The van der Waals surface area contributed by atoms with E-state index in [-0.39, 0.29) is 6.10 Å². The summed E-state index contributed by atoms with van der Waals surface area (Å²) in [5, 5.41) is 9.21. The van der Waals surface area contributed by atoms with E-state index in [1.54, 1.807) is 0 Å². The number of benzene rings is 1. The molecule has 0 aromatic heterocycles. The maximum atomic E-state index is 9.21. The van der Waals surface area contributed by atoms with Crippen LogP contribution in [0.25, 0.3) is 0 Å². The fourth-order valence-corrected chi connectivity index (χ4v) is 1.81. The standard InChI is InChI=1S/C15H26N2O2/c1-13(18)7-9-17(2)8-4-10-19-15-6-3-5-14(11-15)12-16/h3,5-6,11,13,18H,4,7-10,12,16H2,1-2H3. The number of hydrogen-bond acceptors (Lipinski definition) is 4. The first-order valence-corrected chi connectivity index (χ1v) is 6.90. The minimum atomic E-state index is -0.224. The number of nitrogens with zero attached hydrogens (tertiary/aromatic N) is 1. The van der Waals surface area contributed by atoms with Crippen LogP contribution in [-0.4, -0.2) is 42.9 Å². The van der Waals surface area contributed by atoms with Gasteiger partial charge in [0.05, 0.1) is 12.7 Å². The molecule has 3 N–H and O–H groups in total. The van der Waals surface area contributed by atoms with Crippen molar-refractivity contribution in [1.29, 1.82) is 0 Å². The quantitative estimate of drug-likeness (QED) is 0.667. The molecule has 19 heavy (non-hydrogen) atoms. The molecule has 0 saturated carbocycles. The van der Waals surface area contributed by atoms with Crippen LogP contribution in [0.15, 0.2) is 24.3 Å². The van der Waals surface area contributed by atoms with E-state index in [1.807, 2.05) is 31.2 Å². The molecule has 0 saturated heterocycles. The average Bonchev–Trinajstić information content (AvgIpc) is 2.41. The second-order valence-electron chi connectivity index (χ2n) is 4.99. The lowest BCUT2D eigenvalue weighted by molar-refractivity contribution is 0.162. The van der Waals surface area contributed by atoms with E-state index in [4.69, 9.17) is 10.5 Å². The Kier molecular flexibility index (Phi) is 7.48. The van der Waals surface area contributed by atoms with Crippen LogP contribution in [0.4, 0.5) is 0 Å². The first kappa shape index (κ1) is 16.0. The zero-order chi connectivity index (χ0) is 14.1. The first-order valence-electron chi connectivity index (χ1n) is 6.90. The Morgan fingerprint density at radius 2 is 2.16 bits per heavy atom. The predicted molar refractivity (Wildman–Crippen MR) is 78.2 cm³/mol. The molecule has 0 fully saturated rings. The largest absolute Gasteiger partial charge is 0.494 e. The number of aliphatic hydroxyl groups excluding tert-OH is 1. The van der Waals surface area contributed by atoms with E-state index in [9.17, 15) is 5.11 Å². The van der Waals surface area contributed by atoms with Gasteiger partial charge in [-0.3, -0.25) is 0 Å². The summed E-state index contributed by atoms with van der Waals surface area (Å²) >= 11 is 0. The SMILES string of the molecule is CC(O)CCN(C)CCCOc1cccc(CN)c1. The molecule has 0 spiro atoms. The van der Waals surface area contributed by atoms with Gasteiger partial charge in [-0.1, -0.05) is 12.1 Å². The van der Waals surface area contributed by atoms with Crippen LogP contribution in [0.2, 0.25) is 0 Å². The molecule has 0 aliphatic heterocycles. The summed E-state index contributed by atoms with van der Waals surface area (Å²) in [7, 11) is 2.07. The predicted octanol–water partition coefficient (Wildman–Crippen LogP) is 1.62. The van der Waals surface area contributed by atoms with Gasteiger partial charge in [0.1, 0.15) is 5.75 Å². The van der Waals surface area contributed by atoms with Gasteiger partial charge in [-0.25, -0.2) is 0 Å². The fraction of sp³-hybridized carbons (Fsp3) is 0.600. The summed E-state index contributed by atoms with van der Waals surface area (Å²) in [5.41, 5.74) is 6.68. The van der Waals surface area contributed by atoms with Gasteiger partial charge in [0.15, 0.2) is 0 Å². The van der Waals surface area contributed by atoms with Gasteiger partial charge in [0, 0.05) is 19.6 Å². The highest BCUT2D eigenvalue weighted by atomic mass is 16.5. The Labute approximate surface area is 116 Å². The minimum absolute atomic E-state index is 0.224. The van der Waals surface area contributed by atoms with Crippen LogP contribution in [0, 0.1) is 0 Å². The highest BCUT2D eigenvalue weighted by Crippen LogP contribution is 2.13. The van der Waals surface area contributed by atoms with Crippen molar-refractivity contribution in [2.75, 3.05) is 26.7 Å². The Balaban J connectivity index is 2.16. The maximum Gasteiger partial charge on any atom is 0.119 e. The second kappa shape index (κ2) is 8.91. The molecule has 0 radical (unpaired) electrons. The molecule has 1 atom stereocenters. The lowest BCUT2D eigenvalue weighted by Gasteiger charge is -2.17. The summed E-state index contributed by atoms with van der Waals surface area (Å²) in [4.78, 5) is 2.21. The van der Waals surface area contributed by atoms with Crippen molar-refractivity contribution in [2.45, 2.75) is 32.4 Å². The average molecular weight is 266 g/mol. The number of aliphatic hydroxyl groups is 1. The van der Waals surface area contributed by atoms with E-state index >= 15 is 0 Å². The van der Waals surface area contributed by atoms with Gasteiger partial charge < -0.3 is 20.5 Å². The number of nitrogens with two attached hydrogens (primary N) is 1. The van der Waals surface area contributed by atoms with Crippen LogP contribution in [0.5, 0.6) is 5.75 Å². The van der Waals surface area contributed by atoms with Gasteiger partial charge in [-0.15, -0.1) is 0 Å². The Morgan fingerprint density at radius 1 is 1.37 bits per heavy atom. The van der Waals surface area contributed by atoms with Gasteiger partial charge in [-0.2, -0.15) is 0 Å². The van der Waals surface area contributed by atoms with E-state index in [0.717, 1.165) is 37.2 Å². The molecule has 1 unspecified atom stereocenters. The van der Waals surface area contributed by atoms with E-state index in [0.29, 0.717) is 13.2 Å². The normalized spacial score (nSPS) is 12.7. The lowest BCUT2D eigenvalue weighted by Crippen LogP contribution is -2.24. The molecular weight excluding hydrogens is 240 g/mol. The van der Waals surface area contributed by atoms with Crippen molar-refractivity contribution in [1.82, 2.24) is 4.90 Å². The minimum Gasteiger partial charge on any atom is -0.494 e. The highest BCUT2D eigenvalue weighted by molar-refractivity contribution is 5.28. The fourth-order valence-electron chi connectivity index (χ4n) is 1.81. The third kappa shape index (κ3) is 7.15. The number of hydrogen-bond donors (Lipinski definition) is 2. The monoisotopic (exact) mass is 266 g/mol. The van der Waals surface area contributed by atoms with Gasteiger partial charge in [0.2, 0.25) is 0 Å². The molecule has 0 aliphatic carbocycles. The zero-order valence-electron chi connectivity index (χ0n) is 12.0. The topological polar surface area (TPSA) is 58.7 Å². The maximum absolute atomic E-state index is 9.21. The van der Waals surface area contributed by atoms with Gasteiger partial charge >= 0.3 is 0 Å². The second-order valence-corrected chi connectivity index (χ2v) is 4.99. The Hall–Kier alpha value is -1.10. The summed E-state index contributed by atoms with van der Waals surface area (Å²) in [6.07, 6.45) is 1.57. The summed E-state index contributed by atoms with van der Waals surface area (Å²) in [6, 6.07) is 7.90. The highest BCUT2D eigenvalue weighted by Gasteiger charge is 2.02. The van der Waals surface area contributed by atoms with Crippen molar-refractivity contribution in [2.24, 2.45) is 5.73 Å². The molecule has 0 bridgehead atoms. The molecule has 108 valence electrons. The first-order chi connectivity index (χ1) is 9.11. The van der Waals surface area contributed by atoms with Crippen LogP contribution in [-0.2, 0) is 6.54 Å². The van der Waals surface area contributed by atoms with Crippen LogP contribution in [0.3, 0.4) is 0 Å². The third-order valence-corrected chi connectivity index (χ3v) is 3.02. The number of rotatable bonds is 9. The van der Waals surface area contributed by atoms with Crippen molar-refractivity contribution in [3.8, 4) is 5.75 Å². The Morgan fingerprint density at radius 3 is 2.84 bits per heavy atom. The lowest BCUT2D eigenvalue weighted by atomic mass is 10.2.